The van der Waals surface area contributed by atoms with Crippen LogP contribution < -0.4 is 4.74 Å². The molecule has 1 aliphatic rings. The third kappa shape index (κ3) is 2.41. The molecule has 90 valence electrons. The highest BCUT2D eigenvalue weighted by Gasteiger charge is 2.29. The molecular weight excluding hydrogens is 285 g/mol. The minimum atomic E-state index is -0.434. The van der Waals surface area contributed by atoms with Crippen LogP contribution in [0.2, 0.25) is 0 Å². The topological polar surface area (TPSA) is 21.6 Å². The molecule has 0 aliphatic carbocycles. The fourth-order valence-corrected chi connectivity index (χ4v) is 2.54. The van der Waals surface area contributed by atoms with Crippen molar-refractivity contribution in [3.8, 4) is 5.75 Å². The van der Waals surface area contributed by atoms with Crippen LogP contribution in [0.4, 0.5) is 4.39 Å². The van der Waals surface area contributed by atoms with Crippen LogP contribution in [0.5, 0.6) is 5.75 Å². The summed E-state index contributed by atoms with van der Waals surface area (Å²) in [6.45, 7) is 2.03. The molecule has 0 spiro atoms. The van der Waals surface area contributed by atoms with Crippen molar-refractivity contribution in [2.75, 3.05) is 7.11 Å². The standard InChI is InChI=1S/C13H13BrFNO/c1-13(7-11(14)12(15)16-8-13)9-3-5-10(17-2)6-4-9/h3-6,8H,7H2,1-2H3. The second-order valence-electron chi connectivity index (χ2n) is 4.28. The normalized spacial score (nSPS) is 24.0. The van der Waals surface area contributed by atoms with Gasteiger partial charge in [-0.05, 0) is 24.1 Å². The lowest BCUT2D eigenvalue weighted by atomic mass is 9.80. The zero-order valence-corrected chi connectivity index (χ0v) is 11.3. The molecular formula is C13H13BrFNO. The Labute approximate surface area is 108 Å². The Balaban J connectivity index is 2.31. The first-order valence-corrected chi connectivity index (χ1v) is 6.08. The Kier molecular flexibility index (Phi) is 3.33. The first-order valence-electron chi connectivity index (χ1n) is 5.29. The quantitative estimate of drug-likeness (QED) is 0.757. The molecule has 0 fully saturated rings. The lowest BCUT2D eigenvalue weighted by molar-refractivity contribution is 0.414. The SMILES string of the molecule is COc1ccc(C2(C)C=NC(F)=C(Br)C2)cc1. The Morgan fingerprint density at radius 2 is 2.00 bits per heavy atom. The lowest BCUT2D eigenvalue weighted by Crippen LogP contribution is -2.26. The highest BCUT2D eigenvalue weighted by Crippen LogP contribution is 2.37. The zero-order valence-electron chi connectivity index (χ0n) is 9.71. The van der Waals surface area contributed by atoms with Gasteiger partial charge in [0.25, 0.3) is 0 Å². The van der Waals surface area contributed by atoms with E-state index in [4.69, 9.17) is 4.74 Å². The molecule has 0 saturated carbocycles. The molecule has 0 saturated heterocycles. The third-order valence-corrected chi connectivity index (χ3v) is 3.57. The van der Waals surface area contributed by atoms with Crippen LogP contribution in [-0.2, 0) is 5.41 Å². The number of benzene rings is 1. The highest BCUT2D eigenvalue weighted by molar-refractivity contribution is 9.11. The van der Waals surface area contributed by atoms with Crippen LogP contribution in [0.3, 0.4) is 0 Å². The number of methoxy groups -OCH3 is 1. The maximum Gasteiger partial charge on any atom is 0.222 e. The molecule has 0 bridgehead atoms. The average Bonchev–Trinajstić information content (AvgIpc) is 2.34. The minimum absolute atomic E-state index is 0.277. The number of halogens is 2. The summed E-state index contributed by atoms with van der Waals surface area (Å²) < 4.78 is 18.8. The van der Waals surface area contributed by atoms with Crippen molar-refractivity contribution in [1.29, 1.82) is 0 Å². The van der Waals surface area contributed by atoms with E-state index < -0.39 is 5.95 Å². The first-order chi connectivity index (χ1) is 8.05. The minimum Gasteiger partial charge on any atom is -0.497 e. The van der Waals surface area contributed by atoms with Crippen molar-refractivity contribution < 1.29 is 9.13 Å². The molecule has 0 radical (unpaired) electrons. The molecule has 4 heteroatoms. The van der Waals surface area contributed by atoms with Gasteiger partial charge in [-0.3, -0.25) is 0 Å². The summed E-state index contributed by atoms with van der Waals surface area (Å²) in [5.41, 5.74) is 0.812. The number of rotatable bonds is 2. The van der Waals surface area contributed by atoms with E-state index in [0.717, 1.165) is 11.3 Å². The van der Waals surface area contributed by atoms with E-state index >= 15 is 0 Å². The molecule has 2 rings (SSSR count). The van der Waals surface area contributed by atoms with Crippen molar-refractivity contribution >= 4 is 22.1 Å². The molecule has 1 aromatic carbocycles. The summed E-state index contributed by atoms with van der Waals surface area (Å²) in [4.78, 5) is 3.79. The Hall–Kier alpha value is -1.16. The molecule has 1 atom stereocenters. The van der Waals surface area contributed by atoms with E-state index in [0.29, 0.717) is 10.9 Å². The molecule has 1 aliphatic heterocycles. The van der Waals surface area contributed by atoms with Gasteiger partial charge in [-0.25, -0.2) is 4.99 Å². The summed E-state index contributed by atoms with van der Waals surface area (Å²) in [5, 5.41) is 0. The van der Waals surface area contributed by atoms with Crippen molar-refractivity contribution in [2.45, 2.75) is 18.8 Å². The summed E-state index contributed by atoms with van der Waals surface area (Å²) >= 11 is 3.22. The second kappa shape index (κ2) is 4.61. The highest BCUT2D eigenvalue weighted by atomic mass is 79.9. The van der Waals surface area contributed by atoms with Gasteiger partial charge >= 0.3 is 0 Å². The second-order valence-corrected chi connectivity index (χ2v) is 5.23. The van der Waals surface area contributed by atoms with Crippen LogP contribution in [0.25, 0.3) is 0 Å². The number of ether oxygens (including phenoxy) is 1. The fraction of sp³-hybridized carbons (Fsp3) is 0.308. The van der Waals surface area contributed by atoms with Gasteiger partial charge in [0.05, 0.1) is 11.6 Å². The monoisotopic (exact) mass is 297 g/mol. The van der Waals surface area contributed by atoms with Crippen molar-refractivity contribution in [3.63, 3.8) is 0 Å². The predicted molar refractivity (Wildman–Crippen MR) is 70.5 cm³/mol. The smallest absolute Gasteiger partial charge is 0.222 e. The number of allylic oxidation sites excluding steroid dienone is 1. The van der Waals surface area contributed by atoms with Crippen molar-refractivity contribution in [3.05, 3.63) is 40.3 Å². The number of hydrogen-bond acceptors (Lipinski definition) is 2. The number of hydrogen-bond donors (Lipinski definition) is 0. The van der Waals surface area contributed by atoms with E-state index in [-0.39, 0.29) is 5.41 Å². The van der Waals surface area contributed by atoms with Gasteiger partial charge < -0.3 is 4.74 Å². The molecule has 0 N–H and O–H groups in total. The molecule has 1 aromatic rings. The average molecular weight is 298 g/mol. The van der Waals surface area contributed by atoms with E-state index in [9.17, 15) is 4.39 Å². The molecule has 2 nitrogen and oxygen atoms in total. The van der Waals surface area contributed by atoms with Crippen LogP contribution in [0.1, 0.15) is 18.9 Å². The van der Waals surface area contributed by atoms with Crippen molar-refractivity contribution in [1.82, 2.24) is 0 Å². The van der Waals surface area contributed by atoms with E-state index in [1.165, 1.54) is 0 Å². The van der Waals surface area contributed by atoms with Crippen LogP contribution in [0.15, 0.2) is 39.7 Å². The molecule has 0 amide bonds. The van der Waals surface area contributed by atoms with E-state index in [2.05, 4.69) is 20.9 Å². The zero-order chi connectivity index (χ0) is 12.5. The van der Waals surface area contributed by atoms with Gasteiger partial charge in [-0.1, -0.05) is 35.0 Å². The van der Waals surface area contributed by atoms with Gasteiger partial charge in [-0.2, -0.15) is 4.39 Å². The van der Waals surface area contributed by atoms with E-state index in [1.54, 1.807) is 13.3 Å². The summed E-state index contributed by atoms with van der Waals surface area (Å²) in [7, 11) is 1.63. The molecule has 0 aromatic heterocycles. The van der Waals surface area contributed by atoms with Crippen LogP contribution in [-0.4, -0.2) is 13.3 Å². The van der Waals surface area contributed by atoms with Gasteiger partial charge in [0.15, 0.2) is 0 Å². The lowest BCUT2D eigenvalue weighted by Gasteiger charge is -2.28. The van der Waals surface area contributed by atoms with Crippen LogP contribution in [0, 0.1) is 0 Å². The van der Waals surface area contributed by atoms with Crippen LogP contribution >= 0.6 is 15.9 Å². The Bertz CT molecular complexity index is 481. The number of nitrogens with zero attached hydrogens (tertiary/aromatic N) is 1. The fourth-order valence-electron chi connectivity index (χ4n) is 1.86. The summed E-state index contributed by atoms with van der Waals surface area (Å²) in [6.07, 6.45) is 2.24. The maximum absolute atomic E-state index is 13.2. The van der Waals surface area contributed by atoms with Gasteiger partial charge in [-0.15, -0.1) is 0 Å². The Morgan fingerprint density at radius 3 is 2.53 bits per heavy atom. The van der Waals surface area contributed by atoms with Gasteiger partial charge in [0.1, 0.15) is 5.75 Å². The largest absolute Gasteiger partial charge is 0.497 e. The van der Waals surface area contributed by atoms with Gasteiger partial charge in [0.2, 0.25) is 5.95 Å². The molecule has 1 unspecified atom stereocenters. The molecule has 1 heterocycles. The Morgan fingerprint density at radius 1 is 1.35 bits per heavy atom. The number of aliphatic imine (C=N–C) groups is 1. The first kappa shape index (κ1) is 12.3. The predicted octanol–water partition coefficient (Wildman–Crippen LogP) is 3.96. The molecule has 17 heavy (non-hydrogen) atoms. The maximum atomic E-state index is 13.2. The van der Waals surface area contributed by atoms with Crippen molar-refractivity contribution in [2.24, 2.45) is 4.99 Å². The summed E-state index contributed by atoms with van der Waals surface area (Å²) in [6, 6.07) is 7.76. The van der Waals surface area contributed by atoms with Gasteiger partial charge in [0, 0.05) is 11.6 Å². The summed E-state index contributed by atoms with van der Waals surface area (Å²) in [5.74, 6) is 0.377. The van der Waals surface area contributed by atoms with E-state index in [1.807, 2.05) is 31.2 Å². The third-order valence-electron chi connectivity index (χ3n) is 2.96.